The third-order valence-corrected chi connectivity index (χ3v) is 3.94. The molecule has 2 unspecified atom stereocenters. The summed E-state index contributed by atoms with van der Waals surface area (Å²) in [6, 6.07) is 4.97. The van der Waals surface area contributed by atoms with Gasteiger partial charge in [0.15, 0.2) is 0 Å². The molecule has 0 aliphatic carbocycles. The molecule has 0 bridgehead atoms. The van der Waals surface area contributed by atoms with Crippen LogP contribution in [0.4, 0.5) is 9.18 Å². The number of urea groups is 1. The summed E-state index contributed by atoms with van der Waals surface area (Å²) in [7, 11) is 0. The van der Waals surface area contributed by atoms with Gasteiger partial charge in [0.05, 0.1) is 0 Å². The maximum absolute atomic E-state index is 12.8. The Kier molecular flexibility index (Phi) is 8.22. The first-order valence-corrected chi connectivity index (χ1v) is 8.42. The van der Waals surface area contributed by atoms with Crippen LogP contribution in [0, 0.1) is 11.7 Å². The van der Waals surface area contributed by atoms with Gasteiger partial charge >= 0.3 is 6.03 Å². The van der Waals surface area contributed by atoms with Gasteiger partial charge in [-0.3, -0.25) is 4.79 Å². The van der Waals surface area contributed by atoms with E-state index in [4.69, 9.17) is 0 Å². The van der Waals surface area contributed by atoms with Gasteiger partial charge < -0.3 is 16.0 Å². The summed E-state index contributed by atoms with van der Waals surface area (Å²) >= 11 is 0. The van der Waals surface area contributed by atoms with Crippen LogP contribution in [0.25, 0.3) is 0 Å². The van der Waals surface area contributed by atoms with E-state index < -0.39 is 12.1 Å². The van der Waals surface area contributed by atoms with Crippen molar-refractivity contribution in [1.29, 1.82) is 0 Å². The van der Waals surface area contributed by atoms with Crippen LogP contribution in [0.3, 0.4) is 0 Å². The van der Waals surface area contributed by atoms with Gasteiger partial charge in [-0.05, 0) is 37.0 Å². The van der Waals surface area contributed by atoms with E-state index in [1.807, 2.05) is 27.7 Å². The molecule has 2 atom stereocenters. The van der Waals surface area contributed by atoms with Crippen LogP contribution in [-0.2, 0) is 11.3 Å². The molecule has 0 aliphatic rings. The zero-order valence-corrected chi connectivity index (χ0v) is 14.9. The van der Waals surface area contributed by atoms with E-state index in [1.54, 1.807) is 12.1 Å². The molecule has 0 saturated carbocycles. The molecule has 134 valence electrons. The minimum atomic E-state index is -0.565. The Bertz CT molecular complexity index is 532. The predicted molar refractivity (Wildman–Crippen MR) is 92.9 cm³/mol. The molecule has 1 aromatic rings. The zero-order valence-electron chi connectivity index (χ0n) is 14.9. The first-order chi connectivity index (χ1) is 11.3. The molecule has 1 rings (SSSR count). The lowest BCUT2D eigenvalue weighted by atomic mass is 10.1. The van der Waals surface area contributed by atoms with Crippen molar-refractivity contribution < 1.29 is 14.0 Å². The first kappa shape index (κ1) is 19.9. The Morgan fingerprint density at radius 3 is 2.25 bits per heavy atom. The monoisotopic (exact) mass is 337 g/mol. The molecule has 6 heteroatoms. The van der Waals surface area contributed by atoms with Crippen LogP contribution in [0.1, 0.15) is 46.1 Å². The SMILES string of the molecule is CCCC(NC(=O)NCc1ccc(F)cc1)C(=O)NC(C)C(C)C. The highest BCUT2D eigenvalue weighted by molar-refractivity contribution is 5.87. The Hall–Kier alpha value is -2.11. The Labute approximate surface area is 143 Å². The number of carbonyl (C=O) groups is 2. The second kappa shape index (κ2) is 9.90. The third-order valence-electron chi connectivity index (χ3n) is 3.94. The summed E-state index contributed by atoms with van der Waals surface area (Å²) < 4.78 is 12.8. The number of hydrogen-bond acceptors (Lipinski definition) is 2. The minimum Gasteiger partial charge on any atom is -0.352 e. The van der Waals surface area contributed by atoms with Crippen LogP contribution in [0.5, 0.6) is 0 Å². The summed E-state index contributed by atoms with van der Waals surface area (Å²) in [6.45, 7) is 8.24. The number of amides is 3. The van der Waals surface area contributed by atoms with E-state index in [0.29, 0.717) is 12.3 Å². The fourth-order valence-corrected chi connectivity index (χ4v) is 2.04. The highest BCUT2D eigenvalue weighted by Gasteiger charge is 2.22. The second-order valence-corrected chi connectivity index (χ2v) is 6.34. The molecule has 0 heterocycles. The third kappa shape index (κ3) is 6.98. The van der Waals surface area contributed by atoms with E-state index in [2.05, 4.69) is 16.0 Å². The summed E-state index contributed by atoms with van der Waals surface area (Å²) in [4.78, 5) is 24.3. The Balaban J connectivity index is 2.52. The van der Waals surface area contributed by atoms with Gasteiger partial charge in [-0.15, -0.1) is 0 Å². The lowest BCUT2D eigenvalue weighted by molar-refractivity contribution is -0.124. The summed E-state index contributed by atoms with van der Waals surface area (Å²) in [5.41, 5.74) is 0.788. The van der Waals surface area contributed by atoms with Crippen LogP contribution in [0.15, 0.2) is 24.3 Å². The van der Waals surface area contributed by atoms with Crippen LogP contribution in [0.2, 0.25) is 0 Å². The van der Waals surface area contributed by atoms with Crippen molar-refractivity contribution in [2.75, 3.05) is 0 Å². The topological polar surface area (TPSA) is 70.2 Å². The summed E-state index contributed by atoms with van der Waals surface area (Å²) in [6.07, 6.45) is 1.35. The number of rotatable bonds is 8. The summed E-state index contributed by atoms with van der Waals surface area (Å²) in [5, 5.41) is 8.32. The second-order valence-electron chi connectivity index (χ2n) is 6.34. The average Bonchev–Trinajstić information content (AvgIpc) is 2.53. The molecule has 24 heavy (non-hydrogen) atoms. The fraction of sp³-hybridized carbons (Fsp3) is 0.556. The van der Waals surface area contributed by atoms with E-state index in [9.17, 15) is 14.0 Å². The maximum Gasteiger partial charge on any atom is 0.315 e. The number of benzene rings is 1. The molecule has 3 amide bonds. The number of nitrogens with one attached hydrogen (secondary N) is 3. The van der Waals surface area contributed by atoms with Crippen LogP contribution in [-0.4, -0.2) is 24.0 Å². The van der Waals surface area contributed by atoms with Crippen molar-refractivity contribution in [2.45, 2.75) is 59.2 Å². The van der Waals surface area contributed by atoms with Gasteiger partial charge in [0, 0.05) is 12.6 Å². The number of carbonyl (C=O) groups excluding carboxylic acids is 2. The van der Waals surface area contributed by atoms with E-state index in [-0.39, 0.29) is 24.3 Å². The maximum atomic E-state index is 12.8. The lowest BCUT2D eigenvalue weighted by Gasteiger charge is -2.23. The Morgan fingerprint density at radius 2 is 1.71 bits per heavy atom. The van der Waals surface area contributed by atoms with Crippen molar-refractivity contribution in [3.8, 4) is 0 Å². The van der Waals surface area contributed by atoms with Gasteiger partial charge in [-0.2, -0.15) is 0 Å². The van der Waals surface area contributed by atoms with Gasteiger partial charge in [0.1, 0.15) is 11.9 Å². The molecule has 0 spiro atoms. The standard InChI is InChI=1S/C18H28FN3O2/c1-5-6-16(17(23)21-13(4)12(2)3)22-18(24)20-11-14-7-9-15(19)10-8-14/h7-10,12-13,16H,5-6,11H2,1-4H3,(H,21,23)(H2,20,22,24). The summed E-state index contributed by atoms with van der Waals surface area (Å²) in [5.74, 6) is -0.166. The lowest BCUT2D eigenvalue weighted by Crippen LogP contribution is -2.52. The highest BCUT2D eigenvalue weighted by Crippen LogP contribution is 2.04. The van der Waals surface area contributed by atoms with E-state index in [1.165, 1.54) is 12.1 Å². The van der Waals surface area contributed by atoms with Gasteiger partial charge in [0.25, 0.3) is 0 Å². The van der Waals surface area contributed by atoms with Crippen LogP contribution < -0.4 is 16.0 Å². The van der Waals surface area contributed by atoms with Gasteiger partial charge in [-0.25, -0.2) is 9.18 Å². The number of hydrogen-bond donors (Lipinski definition) is 3. The fourth-order valence-electron chi connectivity index (χ4n) is 2.04. The van der Waals surface area contributed by atoms with E-state index >= 15 is 0 Å². The molecule has 0 fully saturated rings. The van der Waals surface area contributed by atoms with Crippen molar-refractivity contribution in [1.82, 2.24) is 16.0 Å². The number of halogens is 1. The van der Waals surface area contributed by atoms with Gasteiger partial charge in [-0.1, -0.05) is 39.3 Å². The quantitative estimate of drug-likeness (QED) is 0.682. The molecule has 3 N–H and O–H groups in total. The zero-order chi connectivity index (χ0) is 18.1. The first-order valence-electron chi connectivity index (χ1n) is 8.42. The van der Waals surface area contributed by atoms with Crippen molar-refractivity contribution in [2.24, 2.45) is 5.92 Å². The van der Waals surface area contributed by atoms with Crippen molar-refractivity contribution >= 4 is 11.9 Å². The highest BCUT2D eigenvalue weighted by atomic mass is 19.1. The molecule has 5 nitrogen and oxygen atoms in total. The normalized spacial score (nSPS) is 13.2. The van der Waals surface area contributed by atoms with E-state index in [0.717, 1.165) is 12.0 Å². The molecule has 0 radical (unpaired) electrons. The average molecular weight is 337 g/mol. The molecule has 1 aromatic carbocycles. The minimum absolute atomic E-state index is 0.0425. The smallest absolute Gasteiger partial charge is 0.315 e. The van der Waals surface area contributed by atoms with Crippen molar-refractivity contribution in [3.63, 3.8) is 0 Å². The van der Waals surface area contributed by atoms with Crippen LogP contribution >= 0.6 is 0 Å². The molecule has 0 aliphatic heterocycles. The Morgan fingerprint density at radius 1 is 1.08 bits per heavy atom. The predicted octanol–water partition coefficient (Wildman–Crippen LogP) is 2.95. The molecule has 0 saturated heterocycles. The molecular weight excluding hydrogens is 309 g/mol. The molecular formula is C18H28FN3O2. The van der Waals surface area contributed by atoms with Crippen molar-refractivity contribution in [3.05, 3.63) is 35.6 Å². The largest absolute Gasteiger partial charge is 0.352 e. The molecule has 0 aromatic heterocycles. The van der Waals surface area contributed by atoms with Gasteiger partial charge in [0.2, 0.25) is 5.91 Å².